The van der Waals surface area contributed by atoms with Crippen LogP contribution in [-0.2, 0) is 9.53 Å². The number of carbonyl (C=O) groups is 2. The number of hydrogen-bond acceptors (Lipinski definition) is 4. The molecular weight excluding hydrogens is 310 g/mol. The maximum atomic E-state index is 11.8. The van der Waals surface area contributed by atoms with Gasteiger partial charge < -0.3 is 26.0 Å². The lowest BCUT2D eigenvalue weighted by atomic mass is 10.1. The number of nitrogens with zero attached hydrogens (tertiary/aromatic N) is 1. The van der Waals surface area contributed by atoms with Crippen molar-refractivity contribution in [2.24, 2.45) is 4.99 Å². The second-order valence-electron chi connectivity index (χ2n) is 7.14. The summed E-state index contributed by atoms with van der Waals surface area (Å²) < 4.78 is 5.25. The van der Waals surface area contributed by atoms with Gasteiger partial charge in [-0.3, -0.25) is 9.79 Å². The molecule has 0 atom stereocenters. The summed E-state index contributed by atoms with van der Waals surface area (Å²) in [6.45, 7) is 12.4. The van der Waals surface area contributed by atoms with Gasteiger partial charge in [0.2, 0.25) is 5.91 Å². The zero-order chi connectivity index (χ0) is 18.8. The number of rotatable bonds is 7. The molecular formula is C16H33N5O3. The van der Waals surface area contributed by atoms with Crippen LogP contribution < -0.4 is 21.3 Å². The molecule has 0 radical (unpaired) electrons. The summed E-state index contributed by atoms with van der Waals surface area (Å²) in [4.78, 5) is 27.5. The predicted molar refractivity (Wildman–Crippen MR) is 96.1 cm³/mol. The van der Waals surface area contributed by atoms with E-state index in [1.807, 2.05) is 41.5 Å². The number of aliphatic imine (C=N–C) groups is 1. The lowest BCUT2D eigenvalue weighted by Crippen LogP contribution is -2.54. The molecule has 0 aromatic carbocycles. The molecule has 0 unspecified atom stereocenters. The molecule has 0 heterocycles. The van der Waals surface area contributed by atoms with E-state index in [1.54, 1.807) is 7.05 Å². The molecule has 140 valence electrons. The Morgan fingerprint density at radius 1 is 1.04 bits per heavy atom. The van der Waals surface area contributed by atoms with Crippen LogP contribution in [0, 0.1) is 0 Å². The molecule has 0 bridgehead atoms. The number of hydrogen-bond donors (Lipinski definition) is 4. The number of amides is 2. The van der Waals surface area contributed by atoms with Gasteiger partial charge in [-0.25, -0.2) is 4.79 Å². The number of carbonyl (C=O) groups excluding carboxylic acids is 2. The van der Waals surface area contributed by atoms with E-state index in [-0.39, 0.29) is 12.5 Å². The Hall–Kier alpha value is -1.99. The van der Waals surface area contributed by atoms with Gasteiger partial charge in [-0.05, 0) is 41.0 Å². The Bertz CT molecular complexity index is 441. The van der Waals surface area contributed by atoms with Gasteiger partial charge >= 0.3 is 6.09 Å². The molecule has 8 heteroatoms. The van der Waals surface area contributed by atoms with Crippen molar-refractivity contribution in [1.82, 2.24) is 21.3 Å². The minimum atomic E-state index is -0.551. The maximum Gasteiger partial charge on any atom is 0.408 e. The van der Waals surface area contributed by atoms with Crippen molar-refractivity contribution < 1.29 is 14.3 Å². The number of alkyl carbamates (subject to hydrolysis) is 1. The summed E-state index contributed by atoms with van der Waals surface area (Å²) in [5.74, 6) is 0.395. The highest BCUT2D eigenvalue weighted by molar-refractivity contribution is 5.86. The average Bonchev–Trinajstić information content (AvgIpc) is 2.42. The fourth-order valence-corrected chi connectivity index (χ4v) is 1.64. The number of guanidine groups is 1. The van der Waals surface area contributed by atoms with Gasteiger partial charge in [-0.2, -0.15) is 0 Å². The van der Waals surface area contributed by atoms with Crippen molar-refractivity contribution in [3.8, 4) is 0 Å². The summed E-state index contributed by atoms with van der Waals surface area (Å²) in [6.07, 6.45) is 0.416. The molecule has 0 aliphatic rings. The molecule has 24 heavy (non-hydrogen) atoms. The first-order valence-corrected chi connectivity index (χ1v) is 8.21. The first-order valence-electron chi connectivity index (χ1n) is 8.21. The first-order chi connectivity index (χ1) is 11.0. The van der Waals surface area contributed by atoms with Gasteiger partial charge in [-0.15, -0.1) is 0 Å². The van der Waals surface area contributed by atoms with E-state index < -0.39 is 17.2 Å². The van der Waals surface area contributed by atoms with Crippen molar-refractivity contribution in [3.05, 3.63) is 0 Å². The average molecular weight is 343 g/mol. The molecule has 0 aromatic rings. The summed E-state index contributed by atoms with van der Waals surface area (Å²) in [5, 5.41) is 11.6. The van der Waals surface area contributed by atoms with Crippen LogP contribution >= 0.6 is 0 Å². The van der Waals surface area contributed by atoms with E-state index in [9.17, 15) is 9.59 Å². The van der Waals surface area contributed by atoms with Gasteiger partial charge in [0.15, 0.2) is 5.96 Å². The summed E-state index contributed by atoms with van der Waals surface area (Å²) in [6, 6.07) is 0. The highest BCUT2D eigenvalue weighted by atomic mass is 16.6. The minimum absolute atomic E-state index is 0.0917. The lowest BCUT2D eigenvalue weighted by Gasteiger charge is -2.29. The van der Waals surface area contributed by atoms with E-state index in [2.05, 4.69) is 26.3 Å². The van der Waals surface area contributed by atoms with Gasteiger partial charge in [0.25, 0.3) is 0 Å². The van der Waals surface area contributed by atoms with Crippen molar-refractivity contribution in [1.29, 1.82) is 0 Å². The molecule has 0 fully saturated rings. The van der Waals surface area contributed by atoms with Gasteiger partial charge in [-0.1, -0.05) is 6.92 Å². The second-order valence-corrected chi connectivity index (χ2v) is 7.14. The first kappa shape index (κ1) is 22.0. The molecule has 0 saturated heterocycles. The maximum absolute atomic E-state index is 11.8. The van der Waals surface area contributed by atoms with Crippen molar-refractivity contribution in [2.45, 2.75) is 59.1 Å². The minimum Gasteiger partial charge on any atom is -0.444 e. The predicted octanol–water partition coefficient (Wildman–Crippen LogP) is 0.981. The Labute approximate surface area is 145 Å². The van der Waals surface area contributed by atoms with E-state index in [1.165, 1.54) is 0 Å². The van der Waals surface area contributed by atoms with Crippen LogP contribution in [-0.4, -0.2) is 55.8 Å². The monoisotopic (exact) mass is 343 g/mol. The van der Waals surface area contributed by atoms with Crippen molar-refractivity contribution in [2.75, 3.05) is 26.7 Å². The summed E-state index contributed by atoms with van der Waals surface area (Å²) in [7, 11) is 1.62. The molecule has 0 aromatic heterocycles. The normalized spacial score (nSPS) is 12.4. The topological polar surface area (TPSA) is 104 Å². The molecule has 2 amide bonds. The summed E-state index contributed by atoms with van der Waals surface area (Å²) >= 11 is 0. The highest BCUT2D eigenvalue weighted by Gasteiger charge is 2.24. The van der Waals surface area contributed by atoms with E-state index in [0.717, 1.165) is 6.42 Å². The van der Waals surface area contributed by atoms with Gasteiger partial charge in [0.05, 0.1) is 12.1 Å². The molecule has 4 N–H and O–H groups in total. The van der Waals surface area contributed by atoms with Crippen LogP contribution in [0.1, 0.15) is 48.0 Å². The SMILES string of the molecule is CCCNC(=O)CNC(=NC)NCC(C)(C)NC(=O)OC(C)(C)C. The smallest absolute Gasteiger partial charge is 0.408 e. The molecule has 0 saturated carbocycles. The summed E-state index contributed by atoms with van der Waals surface area (Å²) in [5.41, 5.74) is -1.10. The van der Waals surface area contributed by atoms with Gasteiger partial charge in [0, 0.05) is 20.1 Å². The third kappa shape index (κ3) is 11.6. The van der Waals surface area contributed by atoms with Crippen LogP contribution in [0.5, 0.6) is 0 Å². The van der Waals surface area contributed by atoms with Crippen LogP contribution in [0.25, 0.3) is 0 Å². The molecule has 0 aliphatic heterocycles. The zero-order valence-electron chi connectivity index (χ0n) is 16.0. The van der Waals surface area contributed by atoms with Crippen molar-refractivity contribution >= 4 is 18.0 Å². The van der Waals surface area contributed by atoms with E-state index in [4.69, 9.17) is 4.74 Å². The molecule has 0 spiro atoms. The molecule has 8 nitrogen and oxygen atoms in total. The third-order valence-electron chi connectivity index (χ3n) is 2.75. The molecule has 0 aliphatic carbocycles. The van der Waals surface area contributed by atoms with E-state index in [0.29, 0.717) is 19.0 Å². The number of nitrogens with one attached hydrogen (secondary N) is 4. The number of ether oxygens (including phenoxy) is 1. The Balaban J connectivity index is 4.30. The Kier molecular flexibility index (Phi) is 9.17. The standard InChI is InChI=1S/C16H33N5O3/c1-8-9-18-12(22)10-19-13(17-7)20-11-16(5,6)21-14(23)24-15(2,3)4/h8-11H2,1-7H3,(H,18,22)(H,21,23)(H2,17,19,20). The molecule has 0 rings (SSSR count). The van der Waals surface area contributed by atoms with Crippen LogP contribution in [0.3, 0.4) is 0 Å². The fraction of sp³-hybridized carbons (Fsp3) is 0.812. The highest BCUT2D eigenvalue weighted by Crippen LogP contribution is 2.08. The van der Waals surface area contributed by atoms with Gasteiger partial charge in [0.1, 0.15) is 5.60 Å². The van der Waals surface area contributed by atoms with Crippen molar-refractivity contribution in [3.63, 3.8) is 0 Å². The Morgan fingerprint density at radius 2 is 1.67 bits per heavy atom. The lowest BCUT2D eigenvalue weighted by molar-refractivity contribution is -0.120. The quantitative estimate of drug-likeness (QED) is 0.407. The van der Waals surface area contributed by atoms with Crippen LogP contribution in [0.2, 0.25) is 0 Å². The van der Waals surface area contributed by atoms with E-state index >= 15 is 0 Å². The fourth-order valence-electron chi connectivity index (χ4n) is 1.64. The third-order valence-corrected chi connectivity index (χ3v) is 2.75. The largest absolute Gasteiger partial charge is 0.444 e. The van der Waals surface area contributed by atoms with Crippen LogP contribution in [0.4, 0.5) is 4.79 Å². The second kappa shape index (κ2) is 10.00. The zero-order valence-corrected chi connectivity index (χ0v) is 16.0. The Morgan fingerprint density at radius 3 is 2.17 bits per heavy atom. The van der Waals surface area contributed by atoms with Crippen LogP contribution in [0.15, 0.2) is 4.99 Å².